The van der Waals surface area contributed by atoms with E-state index in [0.29, 0.717) is 21.7 Å². The molecule has 0 aliphatic carbocycles. The Labute approximate surface area is 182 Å². The largest absolute Gasteiger partial charge is 0.462 e. The molecule has 33 heavy (non-hydrogen) atoms. The molecule has 0 aliphatic heterocycles. The Balaban J connectivity index is 1.89. The number of fused-ring (bicyclic) bond motifs is 5. The normalized spacial score (nSPS) is 12.0. The van der Waals surface area contributed by atoms with E-state index in [1.165, 1.54) is 16.7 Å². The number of hydrogen-bond donors (Lipinski definition) is 0. The van der Waals surface area contributed by atoms with Gasteiger partial charge in [-0.05, 0) is 35.9 Å². The van der Waals surface area contributed by atoms with Gasteiger partial charge in [0.05, 0.1) is 17.5 Å². The van der Waals surface area contributed by atoms with E-state index in [9.17, 15) is 23.2 Å². The van der Waals surface area contributed by atoms with Crippen molar-refractivity contribution < 1.29 is 22.7 Å². The maximum absolute atomic E-state index is 14.7. The molecular formula is C25H13F2NO5. The Morgan fingerprint density at radius 1 is 0.970 bits per heavy atom. The van der Waals surface area contributed by atoms with E-state index >= 15 is 0 Å². The fourth-order valence-electron chi connectivity index (χ4n) is 4.46. The minimum atomic E-state index is -1.30. The summed E-state index contributed by atoms with van der Waals surface area (Å²) in [6.45, 7) is 1.63. The van der Waals surface area contributed by atoms with Crippen LogP contribution in [0, 0.1) is 11.6 Å². The summed E-state index contributed by atoms with van der Waals surface area (Å²) in [4.78, 5) is 38.3. The number of benzene rings is 3. The van der Waals surface area contributed by atoms with Gasteiger partial charge in [-0.2, -0.15) is 4.39 Å². The van der Waals surface area contributed by atoms with Crippen molar-refractivity contribution in [3.05, 3.63) is 86.3 Å². The van der Waals surface area contributed by atoms with Gasteiger partial charge in [0.2, 0.25) is 11.2 Å². The monoisotopic (exact) mass is 445 g/mol. The number of carbonyl (C=O) groups excluding carboxylic acids is 1. The van der Waals surface area contributed by atoms with Gasteiger partial charge in [-0.25, -0.2) is 9.18 Å². The van der Waals surface area contributed by atoms with Crippen molar-refractivity contribution >= 4 is 55.1 Å². The molecule has 2 aromatic heterocycles. The Kier molecular flexibility index (Phi) is 3.86. The van der Waals surface area contributed by atoms with Gasteiger partial charge in [0.15, 0.2) is 22.4 Å². The van der Waals surface area contributed by atoms with Crippen molar-refractivity contribution in [1.29, 1.82) is 0 Å². The summed E-state index contributed by atoms with van der Waals surface area (Å²) >= 11 is 0. The van der Waals surface area contributed by atoms with Crippen LogP contribution in [0.4, 0.5) is 8.78 Å². The molecule has 0 saturated carbocycles. The average molecular weight is 445 g/mol. The first-order chi connectivity index (χ1) is 15.9. The summed E-state index contributed by atoms with van der Waals surface area (Å²) in [5.41, 5.74) is -1.39. The summed E-state index contributed by atoms with van der Waals surface area (Å²) < 4.78 is 41.2. The zero-order chi connectivity index (χ0) is 23.0. The number of esters is 1. The van der Waals surface area contributed by atoms with E-state index < -0.39 is 28.6 Å². The Bertz CT molecular complexity index is 1920. The molecule has 0 saturated heterocycles. The summed E-state index contributed by atoms with van der Waals surface area (Å²) in [5.74, 6) is -3.45. The van der Waals surface area contributed by atoms with Crippen LogP contribution in [0.3, 0.4) is 0 Å². The number of nitrogens with zero attached hydrogens (tertiary/aromatic N) is 1. The van der Waals surface area contributed by atoms with Crippen molar-refractivity contribution in [3.8, 4) is 0 Å². The third-order valence-corrected chi connectivity index (χ3v) is 5.91. The lowest BCUT2D eigenvalue weighted by atomic mass is 10.1. The number of halogens is 2. The van der Waals surface area contributed by atoms with Crippen LogP contribution in [-0.2, 0) is 4.74 Å². The zero-order valence-electron chi connectivity index (χ0n) is 17.1. The molecule has 162 valence electrons. The summed E-state index contributed by atoms with van der Waals surface area (Å²) in [5, 5.41) is 2.00. The highest BCUT2D eigenvalue weighted by Crippen LogP contribution is 2.33. The molecule has 0 unspecified atom stereocenters. The highest BCUT2D eigenvalue weighted by Gasteiger charge is 2.24. The van der Waals surface area contributed by atoms with Crippen molar-refractivity contribution in [2.24, 2.45) is 0 Å². The lowest BCUT2D eigenvalue weighted by molar-refractivity contribution is 0.0524. The second-order valence-corrected chi connectivity index (χ2v) is 7.70. The van der Waals surface area contributed by atoms with E-state index in [-0.39, 0.29) is 34.1 Å². The van der Waals surface area contributed by atoms with E-state index in [2.05, 4.69) is 0 Å². The van der Waals surface area contributed by atoms with Crippen LogP contribution in [-0.4, -0.2) is 17.0 Å². The van der Waals surface area contributed by atoms with Crippen molar-refractivity contribution in [2.45, 2.75) is 6.92 Å². The van der Waals surface area contributed by atoms with Crippen LogP contribution in [0.2, 0.25) is 0 Å². The fourth-order valence-corrected chi connectivity index (χ4v) is 4.46. The topological polar surface area (TPSA) is 78.0 Å². The molecule has 8 heteroatoms. The van der Waals surface area contributed by atoms with E-state index in [1.54, 1.807) is 31.2 Å². The highest BCUT2D eigenvalue weighted by molar-refractivity contribution is 6.15. The number of aromatic nitrogens is 1. The zero-order valence-corrected chi connectivity index (χ0v) is 17.1. The number of ether oxygens (including phenoxy) is 1. The van der Waals surface area contributed by atoms with Crippen LogP contribution in [0.25, 0.3) is 49.1 Å². The van der Waals surface area contributed by atoms with Crippen molar-refractivity contribution in [1.82, 2.24) is 4.40 Å². The lowest BCUT2D eigenvalue weighted by Crippen LogP contribution is -2.20. The third kappa shape index (κ3) is 2.48. The molecule has 0 aliphatic rings. The molecule has 0 N–H and O–H groups in total. The Hall–Kier alpha value is -4.33. The van der Waals surface area contributed by atoms with Crippen LogP contribution >= 0.6 is 0 Å². The second kappa shape index (κ2) is 6.59. The molecule has 0 spiro atoms. The average Bonchev–Trinajstić information content (AvgIpc) is 3.09. The molecule has 6 nitrogen and oxygen atoms in total. The van der Waals surface area contributed by atoms with Crippen molar-refractivity contribution in [2.75, 3.05) is 6.61 Å². The molecule has 2 heterocycles. The number of rotatable bonds is 2. The van der Waals surface area contributed by atoms with Gasteiger partial charge in [-0.15, -0.1) is 0 Å². The minimum absolute atomic E-state index is 0.0167. The molecular weight excluding hydrogens is 432 g/mol. The summed E-state index contributed by atoms with van der Waals surface area (Å²) in [6, 6.07) is 11.0. The van der Waals surface area contributed by atoms with Gasteiger partial charge < -0.3 is 13.6 Å². The van der Waals surface area contributed by atoms with E-state index in [1.807, 2.05) is 6.07 Å². The first-order valence-electron chi connectivity index (χ1n) is 10.2. The molecule has 0 atom stereocenters. The maximum Gasteiger partial charge on any atom is 0.343 e. The van der Waals surface area contributed by atoms with E-state index in [0.717, 1.165) is 11.5 Å². The third-order valence-electron chi connectivity index (χ3n) is 5.91. The molecule has 0 fully saturated rings. The minimum Gasteiger partial charge on any atom is -0.462 e. The number of carbonyl (C=O) groups is 1. The first-order valence-corrected chi connectivity index (χ1v) is 10.2. The second-order valence-electron chi connectivity index (χ2n) is 7.70. The van der Waals surface area contributed by atoms with Gasteiger partial charge >= 0.3 is 5.97 Å². The standard InChI is InChI=1S/C25H13F2NO5/c1-2-32-25(31)16-10-28-18-8-13-11-5-3-4-6-12(11)22(29)14(13)9-19(18)33-24-20(27)17(26)7-15(21(24)28)23(16)30/h3-10H,2H2,1H3. The molecule has 4 aromatic carbocycles. The highest BCUT2D eigenvalue weighted by atomic mass is 19.2. The van der Waals surface area contributed by atoms with Gasteiger partial charge in [0.1, 0.15) is 11.1 Å². The SMILES string of the molecule is CCOC(=O)c1cn2c3cc4c(cc3oc3c(F)c(F)cc(c1=O)c32)c(=O)c1ccccc14. The van der Waals surface area contributed by atoms with Gasteiger partial charge in [0, 0.05) is 17.0 Å². The van der Waals surface area contributed by atoms with Gasteiger partial charge in [-0.3, -0.25) is 9.59 Å². The smallest absolute Gasteiger partial charge is 0.343 e. The number of hydrogen-bond acceptors (Lipinski definition) is 5. The van der Waals surface area contributed by atoms with Crippen LogP contribution in [0.1, 0.15) is 17.3 Å². The molecule has 0 amide bonds. The lowest BCUT2D eigenvalue weighted by Gasteiger charge is -2.13. The Morgan fingerprint density at radius 2 is 1.73 bits per heavy atom. The first kappa shape index (κ1) is 19.4. The predicted octanol–water partition coefficient (Wildman–Crippen LogP) is 4.76. The maximum atomic E-state index is 14.7. The van der Waals surface area contributed by atoms with Crippen LogP contribution in [0.5, 0.6) is 0 Å². The van der Waals surface area contributed by atoms with Crippen LogP contribution in [0.15, 0.2) is 62.7 Å². The van der Waals surface area contributed by atoms with Crippen molar-refractivity contribution in [3.63, 3.8) is 0 Å². The quantitative estimate of drug-likeness (QED) is 0.218. The van der Waals surface area contributed by atoms with Gasteiger partial charge in [-0.1, -0.05) is 24.3 Å². The summed E-state index contributed by atoms with van der Waals surface area (Å²) in [7, 11) is 0. The molecule has 0 radical (unpaired) electrons. The molecule has 0 bridgehead atoms. The van der Waals surface area contributed by atoms with Gasteiger partial charge in [0.25, 0.3) is 0 Å². The molecule has 6 rings (SSSR count). The predicted molar refractivity (Wildman–Crippen MR) is 119 cm³/mol. The molecule has 6 aromatic rings. The van der Waals surface area contributed by atoms with Crippen LogP contribution < -0.4 is 10.9 Å². The Morgan fingerprint density at radius 3 is 2.48 bits per heavy atom. The fraction of sp³-hybridized carbons (Fsp3) is 0.0800. The van der Waals surface area contributed by atoms with E-state index in [4.69, 9.17) is 9.15 Å². The number of pyridine rings is 1. The summed E-state index contributed by atoms with van der Waals surface area (Å²) in [6.07, 6.45) is 1.24.